The van der Waals surface area contributed by atoms with E-state index in [9.17, 15) is 18.3 Å². The van der Waals surface area contributed by atoms with Gasteiger partial charge < -0.3 is 14.7 Å². The van der Waals surface area contributed by atoms with Crippen molar-refractivity contribution >= 4 is 31.9 Å². The SMILES string of the molecule is C.C=CP(=O)(O)OP(=O)(O)O.O=[P+](O)O[P+](=O)O. The fraction of sp³-hybridized carbons (Fsp3) is 0.333. The molecule has 0 aromatic rings. The highest BCUT2D eigenvalue weighted by molar-refractivity contribution is 7.65. The minimum atomic E-state index is -4.89. The molecule has 0 spiro atoms. The predicted molar refractivity (Wildman–Crippen MR) is 60.6 cm³/mol. The predicted octanol–water partition coefficient (Wildman–Crippen LogP) is 1.36. The first-order valence-corrected chi connectivity index (χ1v) is 8.56. The van der Waals surface area contributed by atoms with Crippen molar-refractivity contribution in [1.29, 1.82) is 0 Å². The number of rotatable bonds is 5. The van der Waals surface area contributed by atoms with Crippen LogP contribution in [0.2, 0.25) is 0 Å². The summed E-state index contributed by atoms with van der Waals surface area (Å²) in [5, 5.41) is 0. The van der Waals surface area contributed by atoms with Gasteiger partial charge in [0.05, 0.1) is 0 Å². The summed E-state index contributed by atoms with van der Waals surface area (Å²) in [6, 6.07) is 0. The summed E-state index contributed by atoms with van der Waals surface area (Å²) in [6.07, 6.45) is 0. The quantitative estimate of drug-likeness (QED) is 0.451. The van der Waals surface area contributed by atoms with Crippen LogP contribution in [-0.4, -0.2) is 24.5 Å². The summed E-state index contributed by atoms with van der Waals surface area (Å²) in [5.41, 5.74) is 0. The summed E-state index contributed by atoms with van der Waals surface area (Å²) in [4.78, 5) is 39.7. The van der Waals surface area contributed by atoms with E-state index < -0.39 is 31.9 Å². The highest BCUT2D eigenvalue weighted by atomic mass is 31.3. The van der Waals surface area contributed by atoms with Gasteiger partial charge in [0.25, 0.3) is 0 Å². The van der Waals surface area contributed by atoms with Gasteiger partial charge in [-0.1, -0.05) is 14.0 Å². The van der Waals surface area contributed by atoms with E-state index in [4.69, 9.17) is 24.5 Å². The van der Waals surface area contributed by atoms with Crippen molar-refractivity contribution in [3.05, 3.63) is 12.4 Å². The fourth-order valence-electron chi connectivity index (χ4n) is 0.245. The maximum atomic E-state index is 10.3. The van der Waals surface area contributed by atoms with E-state index in [0.29, 0.717) is 5.82 Å². The second kappa shape index (κ2) is 9.97. The zero-order valence-electron chi connectivity index (χ0n) is 7.76. The molecule has 0 amide bonds. The molecule has 0 aromatic heterocycles. The zero-order valence-corrected chi connectivity index (χ0v) is 11.3. The smallest absolute Gasteiger partial charge is 0.321 e. The Hall–Kier alpha value is 0.120. The average molecular weight is 348 g/mol. The second-order valence-electron chi connectivity index (χ2n) is 1.88. The first-order valence-electron chi connectivity index (χ1n) is 3.13. The molecule has 0 heterocycles. The van der Waals surface area contributed by atoms with Gasteiger partial charge in [0.15, 0.2) is 4.31 Å². The summed E-state index contributed by atoms with van der Waals surface area (Å²) < 4.78 is 45.8. The van der Waals surface area contributed by atoms with Crippen LogP contribution in [0.5, 0.6) is 0 Å². The third-order valence-electron chi connectivity index (χ3n) is 0.594. The first kappa shape index (κ1) is 23.2. The Bertz CT molecular complexity index is 370. The van der Waals surface area contributed by atoms with Crippen molar-refractivity contribution in [3.8, 4) is 0 Å². The number of phosphoric acid groups is 1. The van der Waals surface area contributed by atoms with Crippen molar-refractivity contribution in [1.82, 2.24) is 0 Å². The molecule has 0 rings (SSSR count). The number of hydrogen-bond donors (Lipinski definition) is 5. The van der Waals surface area contributed by atoms with Crippen molar-refractivity contribution in [2.45, 2.75) is 7.43 Å². The average Bonchev–Trinajstić information content (AvgIpc) is 1.97. The van der Waals surface area contributed by atoms with Gasteiger partial charge in [-0.25, -0.2) is 8.88 Å². The van der Waals surface area contributed by atoms with Gasteiger partial charge in [0, 0.05) is 14.9 Å². The lowest BCUT2D eigenvalue weighted by molar-refractivity contribution is 0.267. The van der Waals surface area contributed by atoms with E-state index >= 15 is 0 Å². The Morgan fingerprint density at radius 2 is 1.39 bits per heavy atom. The highest BCUT2D eigenvalue weighted by Crippen LogP contribution is 2.57. The Morgan fingerprint density at radius 3 is 1.44 bits per heavy atom. The maximum Gasteiger partial charge on any atom is 0.745 e. The molecule has 0 fully saturated rings. The van der Waals surface area contributed by atoms with Crippen molar-refractivity contribution in [2.24, 2.45) is 0 Å². The van der Waals surface area contributed by atoms with Crippen LogP contribution >= 0.6 is 31.9 Å². The molecule has 0 saturated heterocycles. The van der Waals surface area contributed by atoms with Gasteiger partial charge in [-0.2, -0.15) is 0 Å². The lowest BCUT2D eigenvalue weighted by Gasteiger charge is -2.06. The van der Waals surface area contributed by atoms with Crippen LogP contribution in [0.15, 0.2) is 12.4 Å². The van der Waals surface area contributed by atoms with Gasteiger partial charge in [-0.05, 0) is 0 Å². The van der Waals surface area contributed by atoms with E-state index in [0.717, 1.165) is 0 Å². The molecule has 3 unspecified atom stereocenters. The molecule has 0 aromatic carbocycles. The van der Waals surface area contributed by atoms with Crippen molar-refractivity contribution < 1.29 is 51.3 Å². The van der Waals surface area contributed by atoms with Crippen LogP contribution in [0, 0.1) is 0 Å². The summed E-state index contributed by atoms with van der Waals surface area (Å²) in [5.74, 6) is 0.437. The van der Waals surface area contributed by atoms with E-state index in [-0.39, 0.29) is 7.43 Å². The van der Waals surface area contributed by atoms with E-state index in [1.54, 1.807) is 0 Å². The van der Waals surface area contributed by atoms with Crippen LogP contribution in [0.1, 0.15) is 7.43 Å². The fourth-order valence-corrected chi connectivity index (χ4v) is 2.21. The van der Waals surface area contributed by atoms with Crippen molar-refractivity contribution in [2.75, 3.05) is 0 Å². The van der Waals surface area contributed by atoms with Gasteiger partial charge in [0.1, 0.15) is 0 Å². The third kappa shape index (κ3) is 21.4. The van der Waals surface area contributed by atoms with Crippen molar-refractivity contribution in [3.63, 3.8) is 0 Å². The van der Waals surface area contributed by atoms with Crippen LogP contribution in [0.4, 0.5) is 0 Å². The van der Waals surface area contributed by atoms with Crippen LogP contribution in [0.25, 0.3) is 0 Å². The Labute approximate surface area is 104 Å². The van der Waals surface area contributed by atoms with E-state index in [2.05, 4.69) is 15.2 Å². The molecule has 108 valence electrons. The minimum absolute atomic E-state index is 0. The topological polar surface area (TPSA) is 188 Å². The molecular weight excluding hydrogens is 336 g/mol. The standard InChI is InChI=1S/C2H6O6P2.CH4.O5P2/c1-2-9(3,4)8-10(5,6)7;;1-6(2)5-7(3)4/h2H,1H2,(H,3,4)(H2,5,6,7);1H4;/p+2. The highest BCUT2D eigenvalue weighted by Gasteiger charge is 2.31. The molecular formula is C3H12O11P4+2. The van der Waals surface area contributed by atoms with Gasteiger partial charge in [0.2, 0.25) is 0 Å². The Morgan fingerprint density at radius 1 is 1.06 bits per heavy atom. The molecule has 0 saturated carbocycles. The molecule has 3 atom stereocenters. The Kier molecular flexibility index (Phi) is 12.9. The summed E-state index contributed by atoms with van der Waals surface area (Å²) in [7, 11) is -15.0. The Balaban J connectivity index is -0.000000251. The van der Waals surface area contributed by atoms with Crippen LogP contribution in [0.3, 0.4) is 0 Å². The monoisotopic (exact) mass is 348 g/mol. The summed E-state index contributed by atoms with van der Waals surface area (Å²) >= 11 is 0. The van der Waals surface area contributed by atoms with E-state index in [1.165, 1.54) is 0 Å². The molecule has 0 bridgehead atoms. The van der Waals surface area contributed by atoms with Gasteiger partial charge in [-0.15, -0.1) is 9.79 Å². The zero-order chi connectivity index (χ0) is 14.3. The first-order chi connectivity index (χ1) is 7.39. The lowest BCUT2D eigenvalue weighted by Crippen LogP contribution is -1.83. The molecule has 5 N–H and O–H groups in total. The normalized spacial score (nSPS) is 15.2. The molecule has 11 nitrogen and oxygen atoms in total. The molecule has 18 heavy (non-hydrogen) atoms. The second-order valence-corrected chi connectivity index (χ2v) is 6.61. The molecule has 0 radical (unpaired) electrons. The molecule has 0 aliphatic heterocycles. The lowest BCUT2D eigenvalue weighted by atomic mass is 11.3. The molecule has 0 aliphatic carbocycles. The largest absolute Gasteiger partial charge is 0.745 e. The maximum absolute atomic E-state index is 10.3. The van der Waals surface area contributed by atoms with E-state index in [1.807, 2.05) is 0 Å². The molecule has 15 heteroatoms. The minimum Gasteiger partial charge on any atom is -0.321 e. The van der Waals surface area contributed by atoms with Crippen LogP contribution in [-0.2, 0) is 26.9 Å². The van der Waals surface area contributed by atoms with Gasteiger partial charge >= 0.3 is 31.9 Å². The summed E-state index contributed by atoms with van der Waals surface area (Å²) in [6.45, 7) is 2.84. The van der Waals surface area contributed by atoms with Gasteiger partial charge in [-0.3, -0.25) is 4.57 Å². The third-order valence-corrected chi connectivity index (χ3v) is 3.96. The number of hydrogen-bond acceptors (Lipinski definition) is 6. The molecule has 0 aliphatic rings. The van der Waals surface area contributed by atoms with Crippen LogP contribution < -0.4 is 0 Å².